The molecule has 1 fully saturated rings. The van der Waals surface area contributed by atoms with Crippen molar-refractivity contribution in [1.29, 1.82) is 0 Å². The Morgan fingerprint density at radius 3 is 2.95 bits per heavy atom. The second-order valence-corrected chi connectivity index (χ2v) is 11.4. The standard InChI is InChI=1S/C30H29ClFN5O3S/c31-24-16-22(6-7-25(24)40-18-20-3-1-4-21(32)15-20)35-29-28-23-8-9-33-17-26(23)41-30(28)37(19-34-29)27(38)5-2-10-36-11-13-39-14-12-36/h1,3-4,6-7,15-16,33H,8-14,17-19H2,(H,34,35). The lowest BCUT2D eigenvalue weighted by molar-refractivity contribution is -0.113. The molecular formula is C30H29ClFN5O3S. The summed E-state index contributed by atoms with van der Waals surface area (Å²) >= 11 is 8.16. The van der Waals surface area contributed by atoms with Crippen LogP contribution in [0.15, 0.2) is 47.5 Å². The molecule has 0 spiro atoms. The fourth-order valence-corrected chi connectivity index (χ4v) is 6.51. The molecule has 1 amide bonds. The molecule has 212 valence electrons. The van der Waals surface area contributed by atoms with Crippen molar-refractivity contribution >= 4 is 45.4 Å². The second-order valence-electron chi connectivity index (χ2n) is 9.87. The molecule has 2 N–H and O–H groups in total. The molecule has 0 unspecified atom stereocenters. The molecule has 1 saturated heterocycles. The highest BCUT2D eigenvalue weighted by Crippen LogP contribution is 2.41. The molecule has 4 heterocycles. The predicted octanol–water partition coefficient (Wildman–Crippen LogP) is 4.26. The molecular weight excluding hydrogens is 565 g/mol. The number of amides is 1. The number of ether oxygens (including phenoxy) is 2. The summed E-state index contributed by atoms with van der Waals surface area (Å²) in [5.74, 6) is 6.51. The van der Waals surface area contributed by atoms with Gasteiger partial charge in [0, 0.05) is 30.2 Å². The fourth-order valence-electron chi connectivity index (χ4n) is 4.97. The van der Waals surface area contributed by atoms with Gasteiger partial charge in [0.1, 0.15) is 35.7 Å². The van der Waals surface area contributed by atoms with Gasteiger partial charge in [-0.15, -0.1) is 11.3 Å². The third kappa shape index (κ3) is 6.40. The molecule has 6 rings (SSSR count). The predicted molar refractivity (Wildman–Crippen MR) is 159 cm³/mol. The van der Waals surface area contributed by atoms with Crippen LogP contribution in [0.5, 0.6) is 5.75 Å². The van der Waals surface area contributed by atoms with Crippen molar-refractivity contribution in [1.82, 2.24) is 10.2 Å². The molecule has 0 atom stereocenters. The number of carbonyl (C=O) groups excluding carboxylic acids is 1. The fraction of sp³-hybridized carbons (Fsp3) is 0.333. The van der Waals surface area contributed by atoms with Crippen LogP contribution in [0.3, 0.4) is 0 Å². The number of carbonyl (C=O) groups is 1. The minimum absolute atomic E-state index is 0.176. The molecule has 3 aliphatic heterocycles. The molecule has 2 aromatic carbocycles. The number of aliphatic imine (C=N–C) groups is 1. The Hall–Kier alpha value is -3.46. The Morgan fingerprint density at radius 2 is 2.12 bits per heavy atom. The van der Waals surface area contributed by atoms with E-state index in [-0.39, 0.29) is 25.0 Å². The normalized spacial score (nSPS) is 16.6. The number of amidine groups is 1. The number of halogens is 2. The quantitative estimate of drug-likeness (QED) is 0.431. The minimum Gasteiger partial charge on any atom is -0.487 e. The number of fused-ring (bicyclic) bond motifs is 3. The van der Waals surface area contributed by atoms with Crippen LogP contribution < -0.4 is 20.3 Å². The van der Waals surface area contributed by atoms with Crippen molar-refractivity contribution < 1.29 is 18.7 Å². The first kappa shape index (κ1) is 27.7. The first-order chi connectivity index (χ1) is 20.0. The lowest BCUT2D eigenvalue weighted by atomic mass is 10.0. The molecule has 0 radical (unpaired) electrons. The SMILES string of the molecule is O=C(C#CCN1CCOCC1)N1CN=C(Nc2ccc(OCc3cccc(F)c3)c(Cl)c2)c2c1sc1c2CCNC1. The number of hydrogen-bond donors (Lipinski definition) is 2. The average Bonchev–Trinajstić information content (AvgIpc) is 3.38. The Balaban J connectivity index is 1.19. The summed E-state index contributed by atoms with van der Waals surface area (Å²) < 4.78 is 24.7. The molecule has 0 aliphatic carbocycles. The van der Waals surface area contributed by atoms with Crippen molar-refractivity contribution in [2.75, 3.05) is 56.3 Å². The van der Waals surface area contributed by atoms with Gasteiger partial charge in [0.2, 0.25) is 0 Å². The number of morpholine rings is 1. The molecule has 3 aromatic rings. The van der Waals surface area contributed by atoms with Gasteiger partial charge in [-0.2, -0.15) is 0 Å². The number of anilines is 2. The van der Waals surface area contributed by atoms with Crippen LogP contribution in [-0.4, -0.2) is 62.7 Å². The number of thiophene rings is 1. The molecule has 0 bridgehead atoms. The van der Waals surface area contributed by atoms with Crippen molar-refractivity contribution in [3.05, 3.63) is 74.9 Å². The van der Waals surface area contributed by atoms with Crippen molar-refractivity contribution in [2.45, 2.75) is 19.6 Å². The van der Waals surface area contributed by atoms with Crippen LogP contribution in [-0.2, 0) is 29.1 Å². The smallest absolute Gasteiger partial charge is 0.305 e. The number of rotatable bonds is 5. The van der Waals surface area contributed by atoms with Gasteiger partial charge in [-0.25, -0.2) is 9.38 Å². The molecule has 8 nitrogen and oxygen atoms in total. The van der Waals surface area contributed by atoms with E-state index in [0.29, 0.717) is 41.9 Å². The van der Waals surface area contributed by atoms with Crippen LogP contribution in [0.25, 0.3) is 0 Å². The van der Waals surface area contributed by atoms with Crippen molar-refractivity contribution in [3.8, 4) is 17.6 Å². The largest absolute Gasteiger partial charge is 0.487 e. The minimum atomic E-state index is -0.309. The number of nitrogens with zero attached hydrogens (tertiary/aromatic N) is 3. The summed E-state index contributed by atoms with van der Waals surface area (Å²) in [4.78, 5) is 23.0. The van der Waals surface area contributed by atoms with Gasteiger partial charge in [-0.1, -0.05) is 29.7 Å². The van der Waals surface area contributed by atoms with Gasteiger partial charge < -0.3 is 20.1 Å². The van der Waals surface area contributed by atoms with Gasteiger partial charge in [0.05, 0.1) is 30.3 Å². The maximum absolute atomic E-state index is 13.5. The topological polar surface area (TPSA) is 78.4 Å². The lowest BCUT2D eigenvalue weighted by Crippen LogP contribution is -2.37. The maximum atomic E-state index is 13.5. The average molecular weight is 594 g/mol. The summed E-state index contributed by atoms with van der Waals surface area (Å²) in [5.41, 5.74) is 3.62. The van der Waals surface area contributed by atoms with E-state index >= 15 is 0 Å². The highest BCUT2D eigenvalue weighted by atomic mass is 35.5. The van der Waals surface area contributed by atoms with E-state index in [0.717, 1.165) is 48.9 Å². The summed E-state index contributed by atoms with van der Waals surface area (Å²) in [6, 6.07) is 11.7. The summed E-state index contributed by atoms with van der Waals surface area (Å²) in [6.45, 7) is 5.58. The van der Waals surface area contributed by atoms with E-state index < -0.39 is 0 Å². The molecule has 11 heteroatoms. The Labute approximate surface area is 247 Å². The van der Waals surface area contributed by atoms with E-state index in [1.54, 1.807) is 40.5 Å². The zero-order valence-electron chi connectivity index (χ0n) is 22.3. The van der Waals surface area contributed by atoms with E-state index in [9.17, 15) is 9.18 Å². The third-order valence-corrected chi connectivity index (χ3v) is 8.64. The van der Waals surface area contributed by atoms with E-state index in [4.69, 9.17) is 26.1 Å². The summed E-state index contributed by atoms with van der Waals surface area (Å²) in [7, 11) is 0. The third-order valence-electron chi connectivity index (χ3n) is 7.09. The van der Waals surface area contributed by atoms with Crippen LogP contribution in [0.1, 0.15) is 21.6 Å². The summed E-state index contributed by atoms with van der Waals surface area (Å²) in [6.07, 6.45) is 0.847. The first-order valence-electron chi connectivity index (χ1n) is 13.5. The van der Waals surface area contributed by atoms with Gasteiger partial charge >= 0.3 is 5.91 Å². The molecule has 0 saturated carbocycles. The zero-order valence-corrected chi connectivity index (χ0v) is 23.9. The number of hydrogen-bond acceptors (Lipinski definition) is 8. The zero-order chi connectivity index (χ0) is 28.2. The first-order valence-corrected chi connectivity index (χ1v) is 14.7. The highest BCUT2D eigenvalue weighted by molar-refractivity contribution is 7.17. The Morgan fingerprint density at radius 1 is 1.24 bits per heavy atom. The van der Waals surface area contributed by atoms with E-state index in [2.05, 4.69) is 27.4 Å². The number of benzene rings is 2. The van der Waals surface area contributed by atoms with Crippen LogP contribution in [0.4, 0.5) is 15.1 Å². The molecule has 1 aromatic heterocycles. The van der Waals surface area contributed by atoms with Gasteiger partial charge in [0.15, 0.2) is 0 Å². The Kier molecular flexibility index (Phi) is 8.51. The second kappa shape index (κ2) is 12.6. The lowest BCUT2D eigenvalue weighted by Gasteiger charge is -2.26. The molecule has 41 heavy (non-hydrogen) atoms. The van der Waals surface area contributed by atoms with Crippen LogP contribution >= 0.6 is 22.9 Å². The van der Waals surface area contributed by atoms with Gasteiger partial charge in [-0.05, 0) is 60.3 Å². The van der Waals surface area contributed by atoms with Gasteiger partial charge in [0.25, 0.3) is 0 Å². The highest BCUT2D eigenvalue weighted by Gasteiger charge is 2.32. The van der Waals surface area contributed by atoms with E-state index in [1.165, 1.54) is 22.6 Å². The summed E-state index contributed by atoms with van der Waals surface area (Å²) in [5, 5.41) is 8.13. The van der Waals surface area contributed by atoms with Crippen LogP contribution in [0, 0.1) is 17.7 Å². The van der Waals surface area contributed by atoms with E-state index in [1.807, 2.05) is 6.07 Å². The van der Waals surface area contributed by atoms with Crippen molar-refractivity contribution in [2.24, 2.45) is 4.99 Å². The molecule has 3 aliphatic rings. The maximum Gasteiger partial charge on any atom is 0.305 e. The van der Waals surface area contributed by atoms with Crippen LogP contribution in [0.2, 0.25) is 5.02 Å². The number of nitrogens with one attached hydrogen (secondary N) is 2. The van der Waals surface area contributed by atoms with Crippen molar-refractivity contribution in [3.63, 3.8) is 0 Å². The Bertz CT molecular complexity index is 1540. The van der Waals surface area contributed by atoms with Gasteiger partial charge in [-0.3, -0.25) is 14.6 Å². The monoisotopic (exact) mass is 593 g/mol.